The molecule has 26 heavy (non-hydrogen) atoms. The van der Waals surface area contributed by atoms with E-state index in [-0.39, 0.29) is 18.7 Å². The van der Waals surface area contributed by atoms with Gasteiger partial charge in [-0.05, 0) is 62.3 Å². The predicted molar refractivity (Wildman–Crippen MR) is 101 cm³/mol. The minimum Gasteiger partial charge on any atom is -0.444 e. The molecule has 0 unspecified atom stereocenters. The van der Waals surface area contributed by atoms with Crippen molar-refractivity contribution in [3.63, 3.8) is 0 Å². The largest absolute Gasteiger partial charge is 0.444 e. The Hall–Kier alpha value is -1.54. The van der Waals surface area contributed by atoms with Crippen LogP contribution >= 0.6 is 0 Å². The van der Waals surface area contributed by atoms with E-state index < -0.39 is 23.4 Å². The summed E-state index contributed by atoms with van der Waals surface area (Å²) in [5.41, 5.74) is -0.936. The summed E-state index contributed by atoms with van der Waals surface area (Å²) in [5.74, 6) is 0. The Labute approximate surface area is 158 Å². The fourth-order valence-electron chi connectivity index (χ4n) is 1.40. The lowest BCUT2D eigenvalue weighted by molar-refractivity contribution is 0.0457. The third-order valence-corrected chi connectivity index (χ3v) is 2.37. The number of nitrogens with one attached hydrogen (secondary N) is 2. The molecule has 0 aliphatic carbocycles. The highest BCUT2D eigenvalue weighted by atomic mass is 16.6. The molecule has 0 saturated heterocycles. The van der Waals surface area contributed by atoms with Crippen LogP contribution < -0.4 is 10.6 Å². The molecular weight excluding hydrogens is 340 g/mol. The average molecular weight is 379 g/mol. The predicted octanol–water partition coefficient (Wildman–Crippen LogP) is 2.83. The summed E-state index contributed by atoms with van der Waals surface area (Å²) < 4.78 is 15.2. The van der Waals surface area contributed by atoms with Gasteiger partial charge in [0, 0.05) is 6.61 Å². The quantitative estimate of drug-likeness (QED) is 0.656. The lowest BCUT2D eigenvalue weighted by Crippen LogP contribution is -2.39. The topological polar surface area (TPSA) is 106 Å². The second kappa shape index (κ2) is 12.8. The van der Waals surface area contributed by atoms with Gasteiger partial charge in [0.15, 0.2) is 0 Å². The number of ether oxygens (including phenoxy) is 3. The zero-order valence-corrected chi connectivity index (χ0v) is 17.8. The first kappa shape index (κ1) is 26.7. The molecule has 0 aromatic heterocycles. The van der Waals surface area contributed by atoms with Crippen LogP contribution in [-0.4, -0.2) is 60.4 Å². The fourth-order valence-corrected chi connectivity index (χ4v) is 1.40. The van der Waals surface area contributed by atoms with E-state index in [4.69, 9.17) is 19.3 Å². The zero-order valence-electron chi connectivity index (χ0n) is 17.8. The van der Waals surface area contributed by atoms with E-state index >= 15 is 0 Å². The highest BCUT2D eigenvalue weighted by molar-refractivity contribution is 5.68. The normalized spacial score (nSPS) is 13.6. The lowest BCUT2D eigenvalue weighted by atomic mass is 10.2. The zero-order chi connectivity index (χ0) is 21.0. The summed E-state index contributed by atoms with van der Waals surface area (Å²) in [6.07, 6.45) is -0.895. The van der Waals surface area contributed by atoms with E-state index in [1.807, 2.05) is 34.6 Å². The molecule has 156 valence electrons. The Morgan fingerprint density at radius 2 is 1.27 bits per heavy atom. The number of hydrogen-bond acceptors (Lipinski definition) is 6. The van der Waals surface area contributed by atoms with Crippen molar-refractivity contribution in [3.05, 3.63) is 0 Å². The van der Waals surface area contributed by atoms with Gasteiger partial charge in [-0.25, -0.2) is 9.59 Å². The number of carbonyl (C=O) groups is 2. The number of rotatable bonds is 6. The maximum absolute atomic E-state index is 11.2. The number of alkyl carbamates (subject to hydrolysis) is 2. The minimum atomic E-state index is -0.496. The van der Waals surface area contributed by atoms with Crippen LogP contribution in [0.25, 0.3) is 0 Å². The Morgan fingerprint density at radius 3 is 1.58 bits per heavy atom. The molecule has 0 aromatic carbocycles. The number of hydrogen-bond donors (Lipinski definition) is 3. The van der Waals surface area contributed by atoms with Gasteiger partial charge in [-0.1, -0.05) is 0 Å². The van der Waals surface area contributed by atoms with E-state index in [1.54, 1.807) is 27.7 Å². The van der Waals surface area contributed by atoms with Crippen molar-refractivity contribution in [2.24, 2.45) is 0 Å². The summed E-state index contributed by atoms with van der Waals surface area (Å²) in [4.78, 5) is 22.2. The van der Waals surface area contributed by atoms with Crippen molar-refractivity contribution in [1.29, 1.82) is 0 Å². The number of carbonyl (C=O) groups excluding carboxylic acids is 2. The van der Waals surface area contributed by atoms with Gasteiger partial charge in [0.25, 0.3) is 0 Å². The number of aliphatic hydroxyl groups excluding tert-OH is 1. The molecule has 3 N–H and O–H groups in total. The summed E-state index contributed by atoms with van der Waals surface area (Å²) in [7, 11) is 0. The van der Waals surface area contributed by atoms with Crippen molar-refractivity contribution in [1.82, 2.24) is 10.6 Å². The highest BCUT2D eigenvalue weighted by Gasteiger charge is 2.18. The van der Waals surface area contributed by atoms with Crippen molar-refractivity contribution in [3.8, 4) is 0 Å². The van der Waals surface area contributed by atoms with E-state index in [2.05, 4.69) is 10.6 Å². The Kier molecular flexibility index (Phi) is 13.1. The second-order valence-corrected chi connectivity index (χ2v) is 7.94. The SMILES string of the molecule is CCOC[C@H](C)NC(=O)OC(C)(C)C.C[C@@H](CO)NC(=O)OC(C)(C)C. The molecule has 2 amide bonds. The molecule has 0 rings (SSSR count). The maximum atomic E-state index is 11.2. The summed E-state index contributed by atoms with van der Waals surface area (Å²) in [5, 5.41) is 13.8. The van der Waals surface area contributed by atoms with Crippen LogP contribution in [0.4, 0.5) is 9.59 Å². The highest BCUT2D eigenvalue weighted by Crippen LogP contribution is 2.07. The number of amides is 2. The van der Waals surface area contributed by atoms with Crippen molar-refractivity contribution in [2.45, 2.75) is 85.6 Å². The molecule has 0 heterocycles. The summed E-state index contributed by atoms with van der Waals surface area (Å²) >= 11 is 0. The van der Waals surface area contributed by atoms with Gasteiger partial charge >= 0.3 is 12.2 Å². The Morgan fingerprint density at radius 1 is 0.885 bits per heavy atom. The van der Waals surface area contributed by atoms with E-state index in [0.717, 1.165) is 0 Å². The van der Waals surface area contributed by atoms with Gasteiger partial charge in [-0.2, -0.15) is 0 Å². The van der Waals surface area contributed by atoms with E-state index in [9.17, 15) is 9.59 Å². The van der Waals surface area contributed by atoms with Crippen LogP contribution in [0, 0.1) is 0 Å². The smallest absolute Gasteiger partial charge is 0.407 e. The first-order chi connectivity index (χ1) is 11.7. The van der Waals surface area contributed by atoms with Gasteiger partial charge in [0.1, 0.15) is 11.2 Å². The van der Waals surface area contributed by atoms with Crippen LogP contribution in [0.5, 0.6) is 0 Å². The van der Waals surface area contributed by atoms with Gasteiger partial charge in [0.2, 0.25) is 0 Å². The van der Waals surface area contributed by atoms with Crippen molar-refractivity contribution in [2.75, 3.05) is 19.8 Å². The molecular formula is C18H38N2O6. The monoisotopic (exact) mass is 378 g/mol. The second-order valence-electron chi connectivity index (χ2n) is 7.94. The molecule has 2 atom stereocenters. The van der Waals surface area contributed by atoms with Gasteiger partial charge < -0.3 is 30.0 Å². The maximum Gasteiger partial charge on any atom is 0.407 e. The molecule has 0 bridgehead atoms. The van der Waals surface area contributed by atoms with Crippen LogP contribution in [0.2, 0.25) is 0 Å². The lowest BCUT2D eigenvalue weighted by Gasteiger charge is -2.21. The average Bonchev–Trinajstić information content (AvgIpc) is 2.41. The van der Waals surface area contributed by atoms with Gasteiger partial charge in [-0.15, -0.1) is 0 Å². The van der Waals surface area contributed by atoms with E-state index in [0.29, 0.717) is 13.2 Å². The van der Waals surface area contributed by atoms with Gasteiger partial charge in [-0.3, -0.25) is 0 Å². The summed E-state index contributed by atoms with van der Waals surface area (Å²) in [6.45, 7) is 17.4. The molecule has 0 radical (unpaired) electrons. The van der Waals surface area contributed by atoms with Crippen molar-refractivity contribution < 1.29 is 28.9 Å². The first-order valence-electron chi connectivity index (χ1n) is 8.87. The molecule has 8 nitrogen and oxygen atoms in total. The molecule has 8 heteroatoms. The Balaban J connectivity index is 0. The molecule has 0 saturated carbocycles. The minimum absolute atomic E-state index is 0.0233. The molecule has 0 fully saturated rings. The van der Waals surface area contributed by atoms with E-state index in [1.165, 1.54) is 0 Å². The molecule has 0 spiro atoms. The molecule has 0 aromatic rings. The van der Waals surface area contributed by atoms with Crippen LogP contribution in [0.15, 0.2) is 0 Å². The molecule has 0 aliphatic rings. The van der Waals surface area contributed by atoms with Crippen molar-refractivity contribution >= 4 is 12.2 Å². The first-order valence-corrected chi connectivity index (χ1v) is 8.87. The molecule has 0 aliphatic heterocycles. The Bertz CT molecular complexity index is 401. The standard InChI is InChI=1S/C10H21NO3.C8H17NO3/c1-6-13-7-8(2)11-9(12)14-10(3,4)5;1-6(5-10)9-7(11)12-8(2,3)4/h8H,6-7H2,1-5H3,(H,11,12);6,10H,5H2,1-4H3,(H,9,11)/t8-;6-/m00/s1. The van der Waals surface area contributed by atoms with Crippen LogP contribution in [0.1, 0.15) is 62.3 Å². The van der Waals surface area contributed by atoms with Crippen LogP contribution in [0.3, 0.4) is 0 Å². The van der Waals surface area contributed by atoms with Crippen LogP contribution in [-0.2, 0) is 14.2 Å². The number of aliphatic hydroxyl groups is 1. The third kappa shape index (κ3) is 20.5. The summed E-state index contributed by atoms with van der Waals surface area (Å²) in [6, 6.07) is -0.287. The fraction of sp³-hybridized carbons (Fsp3) is 0.889. The van der Waals surface area contributed by atoms with Gasteiger partial charge in [0.05, 0.1) is 25.3 Å². The third-order valence-electron chi connectivity index (χ3n) is 2.37.